The van der Waals surface area contributed by atoms with Crippen LogP contribution < -0.4 is 10.5 Å². The summed E-state index contributed by atoms with van der Waals surface area (Å²) in [6.07, 6.45) is 3.57. The monoisotopic (exact) mass is 433 g/mol. The molecule has 0 radical (unpaired) electrons. The van der Waals surface area contributed by atoms with Gasteiger partial charge in [-0.05, 0) is 30.3 Å². The first-order valence-corrected chi connectivity index (χ1v) is 10.8. The zero-order valence-corrected chi connectivity index (χ0v) is 18.2. The van der Waals surface area contributed by atoms with Crippen LogP contribution in [0.1, 0.15) is 18.5 Å². The van der Waals surface area contributed by atoms with Crippen LogP contribution in [0.15, 0.2) is 91.3 Å². The predicted octanol–water partition coefficient (Wildman–Crippen LogP) is 5.52. The molecule has 33 heavy (non-hydrogen) atoms. The third-order valence-corrected chi connectivity index (χ3v) is 5.48. The molecule has 0 saturated heterocycles. The van der Waals surface area contributed by atoms with E-state index in [-0.39, 0.29) is 11.7 Å². The molecule has 3 heterocycles. The molecule has 0 aliphatic carbocycles. The van der Waals surface area contributed by atoms with E-state index in [1.54, 1.807) is 12.4 Å². The molecule has 2 aromatic carbocycles. The molecule has 0 aliphatic heterocycles. The molecule has 0 spiro atoms. The molecule has 0 saturated carbocycles. The van der Waals surface area contributed by atoms with E-state index < -0.39 is 0 Å². The smallest absolute Gasteiger partial charge is 0.257 e. The van der Waals surface area contributed by atoms with Gasteiger partial charge in [-0.1, -0.05) is 55.5 Å². The fourth-order valence-electron chi connectivity index (χ4n) is 3.72. The Labute approximate surface area is 192 Å². The van der Waals surface area contributed by atoms with E-state index in [2.05, 4.69) is 23.0 Å². The molecule has 2 N–H and O–H groups in total. The van der Waals surface area contributed by atoms with Crippen molar-refractivity contribution in [1.29, 1.82) is 0 Å². The van der Waals surface area contributed by atoms with Crippen molar-refractivity contribution in [2.45, 2.75) is 12.8 Å². The lowest BCUT2D eigenvalue weighted by atomic mass is 10.0. The third-order valence-electron chi connectivity index (χ3n) is 5.48. The van der Waals surface area contributed by atoms with Crippen molar-refractivity contribution in [2.75, 3.05) is 12.3 Å². The minimum Gasteiger partial charge on any atom is -0.474 e. The van der Waals surface area contributed by atoms with Gasteiger partial charge in [0.15, 0.2) is 5.82 Å². The summed E-state index contributed by atoms with van der Waals surface area (Å²) in [5.41, 5.74) is 11.4. The molecule has 6 heteroatoms. The number of pyridine rings is 2. The first kappa shape index (κ1) is 20.6. The van der Waals surface area contributed by atoms with Gasteiger partial charge in [0.2, 0.25) is 0 Å². The van der Waals surface area contributed by atoms with E-state index in [0.29, 0.717) is 23.9 Å². The summed E-state index contributed by atoms with van der Waals surface area (Å²) in [5.74, 6) is 0.656. The van der Waals surface area contributed by atoms with Crippen LogP contribution in [0.4, 0.5) is 5.82 Å². The van der Waals surface area contributed by atoms with Gasteiger partial charge in [0.05, 0.1) is 17.8 Å². The fraction of sp³-hybridized carbons (Fsp3) is 0.111. The third kappa shape index (κ3) is 4.36. The number of rotatable bonds is 6. The normalized spacial score (nSPS) is 11.9. The summed E-state index contributed by atoms with van der Waals surface area (Å²) < 4.78 is 6.04. The molecule has 5 rings (SSSR count). The molecule has 0 fully saturated rings. The van der Waals surface area contributed by atoms with Gasteiger partial charge in [-0.15, -0.1) is 0 Å². The second kappa shape index (κ2) is 9.04. The van der Waals surface area contributed by atoms with Crippen LogP contribution in [-0.2, 0) is 0 Å². The van der Waals surface area contributed by atoms with E-state index in [9.17, 15) is 0 Å². The Morgan fingerprint density at radius 2 is 1.58 bits per heavy atom. The standard InChI is InChI=1S/C27H23N5O/c1-18(22-11-5-6-14-29-22)17-33-27-26(28)31-24(19-8-3-2-4-9-19)25(32-27)21-12-13-23-20(16-21)10-7-15-30-23/h2-16,18H,17H2,1H3,(H2,28,31). The Morgan fingerprint density at radius 1 is 0.788 bits per heavy atom. The van der Waals surface area contributed by atoms with Crippen molar-refractivity contribution in [2.24, 2.45) is 0 Å². The summed E-state index contributed by atoms with van der Waals surface area (Å²) in [4.78, 5) is 18.4. The molecular weight excluding hydrogens is 410 g/mol. The van der Waals surface area contributed by atoms with E-state index >= 15 is 0 Å². The van der Waals surface area contributed by atoms with Gasteiger partial charge in [-0.2, -0.15) is 0 Å². The van der Waals surface area contributed by atoms with Crippen LogP contribution >= 0.6 is 0 Å². The molecular formula is C27H23N5O. The van der Waals surface area contributed by atoms with Gasteiger partial charge in [0, 0.05) is 40.5 Å². The van der Waals surface area contributed by atoms with E-state index in [1.807, 2.05) is 72.8 Å². The number of nitrogens with two attached hydrogens (primary N) is 1. The van der Waals surface area contributed by atoms with Crippen LogP contribution in [0.3, 0.4) is 0 Å². The Kier molecular flexibility index (Phi) is 5.64. The minimum atomic E-state index is 0.0800. The highest BCUT2D eigenvalue weighted by Crippen LogP contribution is 2.34. The molecule has 0 amide bonds. The Bertz CT molecular complexity index is 1390. The lowest BCUT2D eigenvalue weighted by Gasteiger charge is -2.16. The van der Waals surface area contributed by atoms with Crippen molar-refractivity contribution < 1.29 is 4.74 Å². The topological polar surface area (TPSA) is 86.8 Å². The fourth-order valence-corrected chi connectivity index (χ4v) is 3.72. The van der Waals surface area contributed by atoms with Gasteiger partial charge in [-0.25, -0.2) is 9.97 Å². The van der Waals surface area contributed by atoms with Crippen LogP contribution in [0, 0.1) is 0 Å². The lowest BCUT2D eigenvalue weighted by Crippen LogP contribution is -2.12. The highest BCUT2D eigenvalue weighted by molar-refractivity contribution is 5.87. The Hall–Kier alpha value is -4.32. The quantitative estimate of drug-likeness (QED) is 0.379. The number of aromatic nitrogens is 4. The summed E-state index contributed by atoms with van der Waals surface area (Å²) in [7, 11) is 0. The Balaban J connectivity index is 1.56. The number of benzene rings is 2. The average Bonchev–Trinajstić information content (AvgIpc) is 2.88. The second-order valence-electron chi connectivity index (χ2n) is 7.85. The van der Waals surface area contributed by atoms with Crippen molar-refractivity contribution in [1.82, 2.24) is 19.9 Å². The molecule has 1 atom stereocenters. The first-order valence-electron chi connectivity index (χ1n) is 10.8. The van der Waals surface area contributed by atoms with Crippen molar-refractivity contribution in [3.8, 4) is 28.4 Å². The number of fused-ring (bicyclic) bond motifs is 1. The second-order valence-corrected chi connectivity index (χ2v) is 7.85. The van der Waals surface area contributed by atoms with Gasteiger partial charge in [-0.3, -0.25) is 9.97 Å². The van der Waals surface area contributed by atoms with Crippen molar-refractivity contribution >= 4 is 16.7 Å². The molecule has 162 valence electrons. The number of hydrogen-bond acceptors (Lipinski definition) is 6. The molecule has 0 bridgehead atoms. The van der Waals surface area contributed by atoms with Gasteiger partial charge >= 0.3 is 0 Å². The summed E-state index contributed by atoms with van der Waals surface area (Å²) in [6, 6.07) is 25.8. The number of ether oxygens (including phenoxy) is 1. The largest absolute Gasteiger partial charge is 0.474 e. The highest BCUT2D eigenvalue weighted by Gasteiger charge is 2.18. The lowest BCUT2D eigenvalue weighted by molar-refractivity contribution is 0.284. The average molecular weight is 434 g/mol. The first-order chi connectivity index (χ1) is 16.2. The molecule has 3 aromatic heterocycles. The van der Waals surface area contributed by atoms with Gasteiger partial charge in [0.25, 0.3) is 5.88 Å². The van der Waals surface area contributed by atoms with Gasteiger partial charge < -0.3 is 10.5 Å². The number of nitrogen functional groups attached to an aromatic ring is 1. The SMILES string of the molecule is CC(COc1nc(-c2ccc3ncccc3c2)c(-c2ccccc2)nc1N)c1ccccn1. The predicted molar refractivity (Wildman–Crippen MR) is 131 cm³/mol. The maximum atomic E-state index is 6.30. The summed E-state index contributed by atoms with van der Waals surface area (Å²) in [5, 5.41) is 1.03. The maximum absolute atomic E-state index is 6.30. The van der Waals surface area contributed by atoms with Crippen molar-refractivity contribution in [3.05, 3.63) is 97.0 Å². The zero-order valence-electron chi connectivity index (χ0n) is 18.2. The highest BCUT2D eigenvalue weighted by atomic mass is 16.5. The summed E-state index contributed by atoms with van der Waals surface area (Å²) >= 11 is 0. The van der Waals surface area contributed by atoms with Crippen LogP contribution in [0.5, 0.6) is 5.88 Å². The molecule has 0 aliphatic rings. The van der Waals surface area contributed by atoms with Crippen LogP contribution in [-0.4, -0.2) is 26.5 Å². The number of hydrogen-bond donors (Lipinski definition) is 1. The molecule has 6 nitrogen and oxygen atoms in total. The van der Waals surface area contributed by atoms with E-state index in [0.717, 1.165) is 27.7 Å². The van der Waals surface area contributed by atoms with Gasteiger partial charge in [0.1, 0.15) is 5.69 Å². The van der Waals surface area contributed by atoms with Crippen LogP contribution in [0.25, 0.3) is 33.4 Å². The maximum Gasteiger partial charge on any atom is 0.257 e. The van der Waals surface area contributed by atoms with Crippen LogP contribution in [0.2, 0.25) is 0 Å². The van der Waals surface area contributed by atoms with Crippen molar-refractivity contribution in [3.63, 3.8) is 0 Å². The molecule has 5 aromatic rings. The number of anilines is 1. The van der Waals surface area contributed by atoms with E-state index in [4.69, 9.17) is 20.4 Å². The Morgan fingerprint density at radius 3 is 2.39 bits per heavy atom. The zero-order chi connectivity index (χ0) is 22.6. The minimum absolute atomic E-state index is 0.0800. The number of nitrogens with zero attached hydrogens (tertiary/aromatic N) is 4. The summed E-state index contributed by atoms with van der Waals surface area (Å²) in [6.45, 7) is 2.45. The van der Waals surface area contributed by atoms with E-state index in [1.165, 1.54) is 0 Å². The molecule has 1 unspecified atom stereocenters.